The molecule has 70 valence electrons. The highest BCUT2D eigenvalue weighted by atomic mass is 35.5. The van der Waals surface area contributed by atoms with Gasteiger partial charge in [-0.3, -0.25) is 4.98 Å². The predicted molar refractivity (Wildman–Crippen MR) is 54.7 cm³/mol. The van der Waals surface area contributed by atoms with Crippen LogP contribution in [0.4, 0.5) is 5.82 Å². The maximum absolute atomic E-state index is 5.68. The Morgan fingerprint density at radius 2 is 2.14 bits per heavy atom. The van der Waals surface area contributed by atoms with Crippen molar-refractivity contribution in [3.05, 3.63) is 35.9 Å². The van der Waals surface area contributed by atoms with Crippen molar-refractivity contribution in [1.82, 2.24) is 15.0 Å². The predicted octanol–water partition coefficient (Wildman–Crippen LogP) is 1.77. The third kappa shape index (κ3) is 1.80. The first-order valence-electron chi connectivity index (χ1n) is 3.96. The molecule has 5 heteroatoms. The molecule has 0 spiro atoms. The second-order valence-corrected chi connectivity index (χ2v) is 3.03. The first-order valence-corrected chi connectivity index (χ1v) is 4.34. The number of nitrogens with two attached hydrogens (primary N) is 1. The average Bonchev–Trinajstić information content (AvgIpc) is 2.18. The van der Waals surface area contributed by atoms with E-state index in [-0.39, 0.29) is 5.28 Å². The molecule has 2 heterocycles. The van der Waals surface area contributed by atoms with E-state index in [0.717, 1.165) is 5.56 Å². The largest absolute Gasteiger partial charge is 0.384 e. The van der Waals surface area contributed by atoms with Gasteiger partial charge in [-0.1, -0.05) is 0 Å². The van der Waals surface area contributed by atoms with Crippen LogP contribution >= 0.6 is 11.6 Å². The van der Waals surface area contributed by atoms with Gasteiger partial charge < -0.3 is 5.73 Å². The van der Waals surface area contributed by atoms with Crippen LogP contribution in [0.2, 0.25) is 5.28 Å². The zero-order valence-electron chi connectivity index (χ0n) is 7.18. The molecule has 2 N–H and O–H groups in total. The first kappa shape index (κ1) is 8.90. The number of hydrogen-bond donors (Lipinski definition) is 1. The monoisotopic (exact) mass is 206 g/mol. The fourth-order valence-electron chi connectivity index (χ4n) is 1.10. The van der Waals surface area contributed by atoms with Gasteiger partial charge in [0.05, 0.1) is 5.69 Å². The molecule has 0 unspecified atom stereocenters. The zero-order chi connectivity index (χ0) is 9.97. The minimum absolute atomic E-state index is 0.142. The number of rotatable bonds is 1. The van der Waals surface area contributed by atoms with Crippen LogP contribution < -0.4 is 5.73 Å². The summed E-state index contributed by atoms with van der Waals surface area (Å²) in [5.41, 5.74) is 7.08. The van der Waals surface area contributed by atoms with E-state index in [1.54, 1.807) is 18.5 Å². The quantitative estimate of drug-likeness (QED) is 0.723. The summed E-state index contributed by atoms with van der Waals surface area (Å²) < 4.78 is 0. The maximum Gasteiger partial charge on any atom is 0.224 e. The lowest BCUT2D eigenvalue weighted by Crippen LogP contribution is -1.94. The van der Waals surface area contributed by atoms with Crippen LogP contribution in [0.3, 0.4) is 0 Å². The van der Waals surface area contributed by atoms with E-state index in [0.29, 0.717) is 11.5 Å². The van der Waals surface area contributed by atoms with E-state index in [4.69, 9.17) is 17.3 Å². The molecule has 2 aromatic heterocycles. The van der Waals surface area contributed by atoms with Gasteiger partial charge in [-0.25, -0.2) is 9.97 Å². The van der Waals surface area contributed by atoms with Crippen molar-refractivity contribution in [2.24, 2.45) is 0 Å². The van der Waals surface area contributed by atoms with Gasteiger partial charge in [0.1, 0.15) is 5.82 Å². The van der Waals surface area contributed by atoms with Crippen molar-refractivity contribution in [3.63, 3.8) is 0 Å². The third-order valence-electron chi connectivity index (χ3n) is 1.68. The molecule has 0 aliphatic rings. The Labute approximate surface area is 85.8 Å². The van der Waals surface area contributed by atoms with Crippen LogP contribution in [0.1, 0.15) is 0 Å². The zero-order valence-corrected chi connectivity index (χ0v) is 7.94. The molecule has 0 aromatic carbocycles. The fourth-order valence-corrected chi connectivity index (χ4v) is 1.29. The van der Waals surface area contributed by atoms with Crippen LogP contribution in [-0.2, 0) is 0 Å². The molecule has 0 amide bonds. The third-order valence-corrected chi connectivity index (χ3v) is 1.85. The van der Waals surface area contributed by atoms with Crippen molar-refractivity contribution in [2.45, 2.75) is 0 Å². The summed E-state index contributed by atoms with van der Waals surface area (Å²) >= 11 is 5.68. The summed E-state index contributed by atoms with van der Waals surface area (Å²) in [5, 5.41) is 0.142. The molecular formula is C9H7ClN4. The second kappa shape index (κ2) is 3.59. The van der Waals surface area contributed by atoms with Crippen LogP contribution in [0, 0.1) is 0 Å². The highest BCUT2D eigenvalue weighted by Gasteiger charge is 2.02. The summed E-state index contributed by atoms with van der Waals surface area (Å²) in [5.74, 6) is 0.351. The molecule has 0 radical (unpaired) electrons. The van der Waals surface area contributed by atoms with Crippen molar-refractivity contribution < 1.29 is 0 Å². The summed E-state index contributed by atoms with van der Waals surface area (Å²) in [6.07, 6.45) is 3.38. The Balaban J connectivity index is 2.52. The number of nitrogens with zero attached hydrogens (tertiary/aromatic N) is 3. The molecule has 0 saturated heterocycles. The van der Waals surface area contributed by atoms with Gasteiger partial charge in [0.15, 0.2) is 0 Å². The van der Waals surface area contributed by atoms with Gasteiger partial charge >= 0.3 is 0 Å². The number of aromatic nitrogens is 3. The van der Waals surface area contributed by atoms with E-state index in [1.807, 2.05) is 12.1 Å². The first-order chi connectivity index (χ1) is 6.75. The molecule has 0 bridgehead atoms. The van der Waals surface area contributed by atoms with E-state index < -0.39 is 0 Å². The van der Waals surface area contributed by atoms with Gasteiger partial charge in [-0.05, 0) is 23.7 Å². The number of halogens is 1. The molecule has 14 heavy (non-hydrogen) atoms. The smallest absolute Gasteiger partial charge is 0.224 e. The summed E-state index contributed by atoms with van der Waals surface area (Å²) in [6.45, 7) is 0. The maximum atomic E-state index is 5.68. The number of hydrogen-bond acceptors (Lipinski definition) is 4. The fraction of sp³-hybridized carbons (Fsp3) is 0. The molecular weight excluding hydrogens is 200 g/mol. The lowest BCUT2D eigenvalue weighted by atomic mass is 10.2. The van der Waals surface area contributed by atoms with Crippen LogP contribution in [0.25, 0.3) is 11.3 Å². The Morgan fingerprint density at radius 3 is 2.79 bits per heavy atom. The molecule has 2 rings (SSSR count). The second-order valence-electron chi connectivity index (χ2n) is 2.69. The van der Waals surface area contributed by atoms with Crippen LogP contribution in [0.5, 0.6) is 0 Å². The average molecular weight is 207 g/mol. The van der Waals surface area contributed by atoms with Crippen molar-refractivity contribution in [1.29, 1.82) is 0 Å². The lowest BCUT2D eigenvalue weighted by molar-refractivity contribution is 1.17. The number of anilines is 1. The van der Waals surface area contributed by atoms with E-state index in [1.165, 1.54) is 0 Å². The van der Waals surface area contributed by atoms with Crippen LogP contribution in [0.15, 0.2) is 30.6 Å². The topological polar surface area (TPSA) is 64.7 Å². The summed E-state index contributed by atoms with van der Waals surface area (Å²) in [6, 6.07) is 5.36. The van der Waals surface area contributed by atoms with E-state index in [2.05, 4.69) is 15.0 Å². The normalized spacial score (nSPS) is 10.1. The van der Waals surface area contributed by atoms with Gasteiger partial charge in [-0.2, -0.15) is 0 Å². The Morgan fingerprint density at radius 1 is 1.29 bits per heavy atom. The van der Waals surface area contributed by atoms with E-state index in [9.17, 15) is 0 Å². The van der Waals surface area contributed by atoms with Crippen LogP contribution in [-0.4, -0.2) is 15.0 Å². The van der Waals surface area contributed by atoms with Crippen molar-refractivity contribution in [3.8, 4) is 11.3 Å². The molecule has 2 aromatic rings. The summed E-state index contributed by atoms with van der Waals surface area (Å²) in [7, 11) is 0. The molecule has 0 atom stereocenters. The highest BCUT2D eigenvalue weighted by molar-refractivity contribution is 6.28. The number of pyridine rings is 1. The minimum Gasteiger partial charge on any atom is -0.384 e. The summed E-state index contributed by atoms with van der Waals surface area (Å²) in [4.78, 5) is 11.8. The standard InChI is InChI=1S/C9H7ClN4/c10-9-13-7(4-8(11)14-9)6-2-1-3-12-5-6/h1-5H,(H2,11,13,14). The Kier molecular flexibility index (Phi) is 2.28. The van der Waals surface area contributed by atoms with Crippen molar-refractivity contribution >= 4 is 17.4 Å². The molecule has 0 fully saturated rings. The Bertz CT molecular complexity index is 424. The van der Waals surface area contributed by atoms with Gasteiger partial charge in [-0.15, -0.1) is 0 Å². The minimum atomic E-state index is 0.142. The number of nitrogen functional groups attached to an aromatic ring is 1. The molecule has 4 nitrogen and oxygen atoms in total. The van der Waals surface area contributed by atoms with Gasteiger partial charge in [0.25, 0.3) is 0 Å². The van der Waals surface area contributed by atoms with Crippen molar-refractivity contribution in [2.75, 3.05) is 5.73 Å². The van der Waals surface area contributed by atoms with Gasteiger partial charge in [0.2, 0.25) is 5.28 Å². The molecule has 0 aliphatic carbocycles. The Hall–Kier alpha value is -1.68. The molecule has 0 aliphatic heterocycles. The van der Waals surface area contributed by atoms with Gasteiger partial charge in [0, 0.05) is 24.0 Å². The molecule has 0 saturated carbocycles. The van der Waals surface area contributed by atoms with E-state index >= 15 is 0 Å². The highest BCUT2D eigenvalue weighted by Crippen LogP contribution is 2.18. The SMILES string of the molecule is Nc1cc(-c2cccnc2)nc(Cl)n1. The lowest BCUT2D eigenvalue weighted by Gasteiger charge is -2.00.